The summed E-state index contributed by atoms with van der Waals surface area (Å²) in [5.74, 6) is 0.907. The van der Waals surface area contributed by atoms with Gasteiger partial charge < -0.3 is 4.90 Å². The van der Waals surface area contributed by atoms with Gasteiger partial charge in [0.15, 0.2) is 5.82 Å². The maximum atomic E-state index is 12.4. The minimum atomic E-state index is -3.65. The van der Waals surface area contributed by atoms with Gasteiger partial charge in [0.25, 0.3) is 10.0 Å². The maximum absolute atomic E-state index is 12.4. The number of rotatable bonds is 5. The van der Waals surface area contributed by atoms with E-state index in [2.05, 4.69) is 24.8 Å². The molecule has 3 heterocycles. The van der Waals surface area contributed by atoms with Crippen LogP contribution >= 0.6 is 0 Å². The van der Waals surface area contributed by atoms with Gasteiger partial charge in [-0.25, -0.2) is 8.42 Å². The number of piperidine rings is 1. The Morgan fingerprint density at radius 2 is 1.68 bits per heavy atom. The highest BCUT2D eigenvalue weighted by atomic mass is 32.2. The van der Waals surface area contributed by atoms with Gasteiger partial charge in [0.1, 0.15) is 4.90 Å². The van der Waals surface area contributed by atoms with Crippen LogP contribution in [0, 0.1) is 0 Å². The number of hydrogen-bond donors (Lipinski definition) is 1. The average molecular weight is 395 g/mol. The zero-order chi connectivity index (χ0) is 19.4. The molecule has 1 saturated heterocycles. The number of hydrogen-bond acceptors (Lipinski definition) is 6. The molecule has 28 heavy (non-hydrogen) atoms. The van der Waals surface area contributed by atoms with E-state index in [1.54, 1.807) is 18.2 Å². The smallest absolute Gasteiger partial charge is 0.263 e. The van der Waals surface area contributed by atoms with Crippen LogP contribution in [0.4, 0.5) is 11.5 Å². The van der Waals surface area contributed by atoms with E-state index < -0.39 is 10.0 Å². The summed E-state index contributed by atoms with van der Waals surface area (Å²) in [4.78, 5) is 6.23. The van der Waals surface area contributed by atoms with Crippen molar-refractivity contribution in [3.05, 3.63) is 60.9 Å². The van der Waals surface area contributed by atoms with Crippen molar-refractivity contribution in [2.45, 2.75) is 24.2 Å². The molecule has 144 valence electrons. The molecule has 1 aromatic carbocycles. The number of aromatic nitrogens is 3. The molecule has 1 aliphatic rings. The van der Waals surface area contributed by atoms with Crippen molar-refractivity contribution in [2.24, 2.45) is 0 Å². The number of nitrogens with zero attached hydrogens (tertiary/aromatic N) is 4. The van der Waals surface area contributed by atoms with E-state index in [4.69, 9.17) is 0 Å². The fraction of sp³-hybridized carbons (Fsp3) is 0.250. The number of benzene rings is 1. The van der Waals surface area contributed by atoms with E-state index in [0.717, 1.165) is 30.2 Å². The summed E-state index contributed by atoms with van der Waals surface area (Å²) in [6, 6.07) is 14.1. The number of nitrogens with one attached hydrogen (secondary N) is 1. The Hall–Kier alpha value is -3.00. The zero-order valence-corrected chi connectivity index (χ0v) is 16.1. The van der Waals surface area contributed by atoms with Crippen LogP contribution in [0.5, 0.6) is 0 Å². The molecule has 3 aromatic rings. The first-order valence-electron chi connectivity index (χ1n) is 9.24. The molecule has 1 N–H and O–H groups in total. The topological polar surface area (TPSA) is 88.1 Å². The standard InChI is InChI=1S/C20H21N5O2S/c26-28(27,18-5-4-12-21-15-18)24-17-8-6-16(7-9-17)19-10-11-20(23-22-19)25-13-2-1-3-14-25/h4-12,15,24H,1-3,13-14H2. The summed E-state index contributed by atoms with van der Waals surface area (Å²) < 4.78 is 27.3. The van der Waals surface area contributed by atoms with Crippen molar-refractivity contribution < 1.29 is 8.42 Å². The Labute approximate surface area is 164 Å². The first-order chi connectivity index (χ1) is 13.6. The SMILES string of the molecule is O=S(=O)(Nc1ccc(-c2ccc(N3CCCCC3)nn2)cc1)c1cccnc1. The van der Waals surface area contributed by atoms with Crippen LogP contribution in [0.15, 0.2) is 65.8 Å². The normalized spacial score (nSPS) is 14.6. The van der Waals surface area contributed by atoms with Gasteiger partial charge in [0.05, 0.1) is 5.69 Å². The second-order valence-electron chi connectivity index (χ2n) is 6.70. The first-order valence-corrected chi connectivity index (χ1v) is 10.7. The zero-order valence-electron chi connectivity index (χ0n) is 15.3. The Kier molecular flexibility index (Phi) is 5.21. The molecule has 0 spiro atoms. The van der Waals surface area contributed by atoms with Gasteiger partial charge in [0, 0.05) is 36.7 Å². The molecule has 8 heteroatoms. The molecule has 4 rings (SSSR count). The highest BCUT2D eigenvalue weighted by Crippen LogP contribution is 2.23. The lowest BCUT2D eigenvalue weighted by molar-refractivity contribution is 0.571. The van der Waals surface area contributed by atoms with Crippen LogP contribution in [0.3, 0.4) is 0 Å². The summed E-state index contributed by atoms with van der Waals surface area (Å²) in [5, 5.41) is 8.70. The van der Waals surface area contributed by atoms with Gasteiger partial charge in [-0.15, -0.1) is 10.2 Å². The van der Waals surface area contributed by atoms with E-state index in [1.807, 2.05) is 24.3 Å². The van der Waals surface area contributed by atoms with Crippen molar-refractivity contribution >= 4 is 21.5 Å². The van der Waals surface area contributed by atoms with Crippen LogP contribution in [-0.2, 0) is 10.0 Å². The van der Waals surface area contributed by atoms with Gasteiger partial charge in [-0.1, -0.05) is 12.1 Å². The van der Waals surface area contributed by atoms with Gasteiger partial charge in [-0.2, -0.15) is 0 Å². The summed E-state index contributed by atoms with van der Waals surface area (Å²) in [6.07, 6.45) is 6.51. The molecule has 0 aliphatic carbocycles. The molecule has 0 bridgehead atoms. The van der Waals surface area contributed by atoms with Crippen LogP contribution in [0.1, 0.15) is 19.3 Å². The van der Waals surface area contributed by atoms with Crippen LogP contribution in [-0.4, -0.2) is 36.7 Å². The molecule has 0 unspecified atom stereocenters. The molecule has 2 aromatic heterocycles. The van der Waals surface area contributed by atoms with Crippen molar-refractivity contribution in [1.82, 2.24) is 15.2 Å². The predicted molar refractivity (Wildman–Crippen MR) is 109 cm³/mol. The highest BCUT2D eigenvalue weighted by Gasteiger charge is 2.15. The summed E-state index contributed by atoms with van der Waals surface area (Å²) in [6.45, 7) is 2.06. The van der Waals surface area contributed by atoms with Gasteiger partial charge in [-0.3, -0.25) is 9.71 Å². The molecule has 0 radical (unpaired) electrons. The Bertz CT molecular complexity index is 1020. The fourth-order valence-corrected chi connectivity index (χ4v) is 4.22. The second-order valence-corrected chi connectivity index (χ2v) is 8.38. The molecule has 0 amide bonds. The van der Waals surface area contributed by atoms with Crippen LogP contribution < -0.4 is 9.62 Å². The number of pyridine rings is 1. The van der Waals surface area contributed by atoms with E-state index in [-0.39, 0.29) is 4.90 Å². The van der Waals surface area contributed by atoms with E-state index >= 15 is 0 Å². The van der Waals surface area contributed by atoms with Gasteiger partial charge in [0.2, 0.25) is 0 Å². The van der Waals surface area contributed by atoms with Crippen molar-refractivity contribution in [1.29, 1.82) is 0 Å². The highest BCUT2D eigenvalue weighted by molar-refractivity contribution is 7.92. The van der Waals surface area contributed by atoms with Crippen LogP contribution in [0.2, 0.25) is 0 Å². The third kappa shape index (κ3) is 4.12. The van der Waals surface area contributed by atoms with Crippen molar-refractivity contribution in [3.8, 4) is 11.3 Å². The minimum Gasteiger partial charge on any atom is -0.355 e. The molecule has 0 saturated carbocycles. The first kappa shape index (κ1) is 18.4. The van der Waals surface area contributed by atoms with Crippen LogP contribution in [0.25, 0.3) is 11.3 Å². The predicted octanol–water partition coefficient (Wildman–Crippen LogP) is 3.33. The largest absolute Gasteiger partial charge is 0.355 e. The minimum absolute atomic E-state index is 0.123. The van der Waals surface area contributed by atoms with E-state index in [0.29, 0.717) is 5.69 Å². The van der Waals surface area contributed by atoms with Gasteiger partial charge in [-0.05, 0) is 55.7 Å². The quantitative estimate of drug-likeness (QED) is 0.713. The molecule has 7 nitrogen and oxygen atoms in total. The van der Waals surface area contributed by atoms with E-state index in [1.165, 1.54) is 37.7 Å². The molecular formula is C20H21N5O2S. The van der Waals surface area contributed by atoms with E-state index in [9.17, 15) is 8.42 Å². The average Bonchev–Trinajstić information content (AvgIpc) is 2.75. The maximum Gasteiger partial charge on any atom is 0.263 e. The number of sulfonamides is 1. The molecule has 1 fully saturated rings. The number of anilines is 2. The third-order valence-corrected chi connectivity index (χ3v) is 6.07. The molecule has 0 atom stereocenters. The summed E-state index contributed by atoms with van der Waals surface area (Å²) in [7, 11) is -3.65. The Morgan fingerprint density at radius 3 is 2.32 bits per heavy atom. The summed E-state index contributed by atoms with van der Waals surface area (Å²) in [5.41, 5.74) is 2.11. The molecular weight excluding hydrogens is 374 g/mol. The monoisotopic (exact) mass is 395 g/mol. The Balaban J connectivity index is 1.47. The lowest BCUT2D eigenvalue weighted by Gasteiger charge is -2.27. The summed E-state index contributed by atoms with van der Waals surface area (Å²) >= 11 is 0. The lowest BCUT2D eigenvalue weighted by Crippen LogP contribution is -2.30. The van der Waals surface area contributed by atoms with Crippen molar-refractivity contribution in [2.75, 3.05) is 22.7 Å². The Morgan fingerprint density at radius 1 is 0.893 bits per heavy atom. The second kappa shape index (κ2) is 7.93. The third-order valence-electron chi connectivity index (χ3n) is 4.71. The lowest BCUT2D eigenvalue weighted by atomic mass is 10.1. The van der Waals surface area contributed by atoms with Gasteiger partial charge >= 0.3 is 0 Å². The van der Waals surface area contributed by atoms with Crippen molar-refractivity contribution in [3.63, 3.8) is 0 Å². The molecule has 1 aliphatic heterocycles. The fourth-order valence-electron chi connectivity index (χ4n) is 3.20.